The summed E-state index contributed by atoms with van der Waals surface area (Å²) in [5.74, 6) is -0.146. The molecule has 2 aliphatic heterocycles. The predicted octanol–water partition coefficient (Wildman–Crippen LogP) is 3.33. The Balaban J connectivity index is 1.57. The maximum absolute atomic E-state index is 13.1. The van der Waals surface area contributed by atoms with Gasteiger partial charge in [-0.3, -0.25) is 9.59 Å². The first-order chi connectivity index (χ1) is 12.1. The number of aryl methyl sites for hydroxylation is 2. The van der Waals surface area contributed by atoms with Crippen LogP contribution in [-0.4, -0.2) is 24.9 Å². The van der Waals surface area contributed by atoms with Crippen molar-refractivity contribution in [2.45, 2.75) is 26.2 Å². The molecule has 0 aliphatic carbocycles. The zero-order valence-corrected chi connectivity index (χ0v) is 14.4. The molecule has 0 saturated carbocycles. The molecular formula is C21H22N2O2. The van der Waals surface area contributed by atoms with Crippen molar-refractivity contribution in [1.29, 1.82) is 0 Å². The molecule has 0 bridgehead atoms. The summed E-state index contributed by atoms with van der Waals surface area (Å²) >= 11 is 0. The lowest BCUT2D eigenvalue weighted by Gasteiger charge is -2.31. The van der Waals surface area contributed by atoms with Crippen LogP contribution in [0.5, 0.6) is 0 Å². The van der Waals surface area contributed by atoms with Crippen LogP contribution in [0.3, 0.4) is 0 Å². The summed E-state index contributed by atoms with van der Waals surface area (Å²) in [7, 11) is 0. The molecule has 1 atom stereocenters. The average Bonchev–Trinajstić information content (AvgIpc) is 3.02. The minimum Gasteiger partial charge on any atom is -0.312 e. The molecule has 2 amide bonds. The van der Waals surface area contributed by atoms with Crippen molar-refractivity contribution in [3.63, 3.8) is 0 Å². The smallest absolute Gasteiger partial charge is 0.232 e. The molecule has 1 fully saturated rings. The van der Waals surface area contributed by atoms with Gasteiger partial charge in [0.05, 0.1) is 5.92 Å². The Bertz CT molecular complexity index is 830. The van der Waals surface area contributed by atoms with Crippen LogP contribution in [0.15, 0.2) is 48.5 Å². The topological polar surface area (TPSA) is 40.6 Å². The van der Waals surface area contributed by atoms with Gasteiger partial charge in [-0.25, -0.2) is 0 Å². The van der Waals surface area contributed by atoms with Crippen LogP contribution in [0.1, 0.15) is 24.0 Å². The van der Waals surface area contributed by atoms with Crippen molar-refractivity contribution < 1.29 is 9.59 Å². The van der Waals surface area contributed by atoms with E-state index in [-0.39, 0.29) is 17.7 Å². The summed E-state index contributed by atoms with van der Waals surface area (Å²) in [4.78, 5) is 29.3. The first kappa shape index (κ1) is 15.9. The van der Waals surface area contributed by atoms with Gasteiger partial charge in [-0.1, -0.05) is 36.4 Å². The molecule has 0 radical (unpaired) electrons. The molecule has 4 heteroatoms. The Morgan fingerprint density at radius 2 is 1.76 bits per heavy atom. The third-order valence-corrected chi connectivity index (χ3v) is 5.26. The Morgan fingerprint density at radius 3 is 2.56 bits per heavy atom. The molecule has 2 aliphatic rings. The van der Waals surface area contributed by atoms with Crippen molar-refractivity contribution in [3.8, 4) is 0 Å². The molecule has 2 aromatic carbocycles. The number of nitrogens with zero attached hydrogens (tertiary/aromatic N) is 2. The van der Waals surface area contributed by atoms with E-state index in [9.17, 15) is 9.59 Å². The van der Waals surface area contributed by atoms with Crippen molar-refractivity contribution in [2.24, 2.45) is 5.92 Å². The van der Waals surface area contributed by atoms with Crippen LogP contribution in [0.4, 0.5) is 11.4 Å². The highest BCUT2D eigenvalue weighted by Gasteiger charge is 2.38. The highest BCUT2D eigenvalue weighted by atomic mass is 16.2. The van der Waals surface area contributed by atoms with Crippen LogP contribution in [0.2, 0.25) is 0 Å². The van der Waals surface area contributed by atoms with E-state index < -0.39 is 0 Å². The Morgan fingerprint density at radius 1 is 1.04 bits per heavy atom. The van der Waals surface area contributed by atoms with E-state index in [2.05, 4.69) is 6.07 Å². The van der Waals surface area contributed by atoms with Gasteiger partial charge in [-0.15, -0.1) is 0 Å². The molecule has 1 saturated heterocycles. The van der Waals surface area contributed by atoms with Gasteiger partial charge < -0.3 is 9.80 Å². The van der Waals surface area contributed by atoms with Gasteiger partial charge in [-0.2, -0.15) is 0 Å². The first-order valence-electron chi connectivity index (χ1n) is 8.90. The second-order valence-corrected chi connectivity index (χ2v) is 6.91. The first-order valence-corrected chi connectivity index (χ1v) is 8.90. The maximum Gasteiger partial charge on any atom is 0.232 e. The van der Waals surface area contributed by atoms with Crippen molar-refractivity contribution in [3.05, 3.63) is 59.7 Å². The van der Waals surface area contributed by atoms with Crippen LogP contribution >= 0.6 is 0 Å². The average molecular weight is 334 g/mol. The molecule has 2 aromatic rings. The normalized spacial score (nSPS) is 19.9. The highest BCUT2D eigenvalue weighted by Crippen LogP contribution is 2.32. The monoisotopic (exact) mass is 334 g/mol. The van der Waals surface area contributed by atoms with E-state index >= 15 is 0 Å². The number of carbonyl (C=O) groups is 2. The van der Waals surface area contributed by atoms with Crippen LogP contribution in [0.25, 0.3) is 0 Å². The van der Waals surface area contributed by atoms with Crippen molar-refractivity contribution >= 4 is 23.2 Å². The molecule has 0 N–H and O–H groups in total. The van der Waals surface area contributed by atoms with Crippen molar-refractivity contribution in [2.75, 3.05) is 22.9 Å². The highest BCUT2D eigenvalue weighted by molar-refractivity contribution is 6.05. The maximum atomic E-state index is 13.1. The molecule has 0 aromatic heterocycles. The summed E-state index contributed by atoms with van der Waals surface area (Å²) < 4.78 is 0. The fourth-order valence-corrected chi connectivity index (χ4v) is 3.96. The summed E-state index contributed by atoms with van der Waals surface area (Å²) in [5, 5.41) is 0. The van der Waals surface area contributed by atoms with Gasteiger partial charge in [0.2, 0.25) is 11.8 Å². The summed E-state index contributed by atoms with van der Waals surface area (Å²) in [5.41, 5.74) is 4.22. The van der Waals surface area contributed by atoms with Crippen molar-refractivity contribution in [1.82, 2.24) is 0 Å². The molecule has 128 valence electrons. The van der Waals surface area contributed by atoms with E-state index in [1.165, 1.54) is 5.56 Å². The van der Waals surface area contributed by atoms with Gasteiger partial charge >= 0.3 is 0 Å². The van der Waals surface area contributed by atoms with E-state index in [4.69, 9.17) is 0 Å². The number of hydrogen-bond donors (Lipinski definition) is 0. The number of fused-ring (bicyclic) bond motifs is 1. The molecule has 1 unspecified atom stereocenters. The number of rotatable bonds is 2. The predicted molar refractivity (Wildman–Crippen MR) is 98.8 cm³/mol. The molecular weight excluding hydrogens is 312 g/mol. The standard InChI is InChI=1S/C21H22N2O2/c1-15-7-2-4-10-18(15)23-14-17(13-20(23)24)21(25)22-12-6-9-16-8-3-5-11-19(16)22/h2-5,7-8,10-11,17H,6,9,12-14H2,1H3. The number of para-hydroxylation sites is 2. The third kappa shape index (κ3) is 2.82. The summed E-state index contributed by atoms with van der Waals surface area (Å²) in [6.45, 7) is 3.21. The molecule has 0 spiro atoms. The lowest BCUT2D eigenvalue weighted by molar-refractivity contribution is -0.124. The van der Waals surface area contributed by atoms with Gasteiger partial charge in [0.15, 0.2) is 0 Å². The largest absolute Gasteiger partial charge is 0.312 e. The van der Waals surface area contributed by atoms with E-state index in [0.717, 1.165) is 36.3 Å². The quantitative estimate of drug-likeness (QED) is 0.845. The van der Waals surface area contributed by atoms with Crippen LogP contribution in [-0.2, 0) is 16.0 Å². The summed E-state index contributed by atoms with van der Waals surface area (Å²) in [6.07, 6.45) is 2.29. The van der Waals surface area contributed by atoms with E-state index in [0.29, 0.717) is 13.0 Å². The van der Waals surface area contributed by atoms with Gasteiger partial charge in [-0.05, 0) is 43.0 Å². The minimum absolute atomic E-state index is 0.0398. The number of anilines is 2. The minimum atomic E-state index is -0.265. The second kappa shape index (κ2) is 6.36. The molecule has 25 heavy (non-hydrogen) atoms. The summed E-state index contributed by atoms with van der Waals surface area (Å²) in [6, 6.07) is 16.0. The third-order valence-electron chi connectivity index (χ3n) is 5.26. The van der Waals surface area contributed by atoms with Crippen LogP contribution in [0, 0.1) is 12.8 Å². The fraction of sp³-hybridized carbons (Fsp3) is 0.333. The van der Waals surface area contributed by atoms with Gasteiger partial charge in [0.25, 0.3) is 0 Å². The number of hydrogen-bond acceptors (Lipinski definition) is 2. The lowest BCUT2D eigenvalue weighted by Crippen LogP contribution is -2.40. The number of amides is 2. The zero-order valence-electron chi connectivity index (χ0n) is 14.4. The van der Waals surface area contributed by atoms with Gasteiger partial charge in [0, 0.05) is 30.9 Å². The molecule has 2 heterocycles. The SMILES string of the molecule is Cc1ccccc1N1CC(C(=O)N2CCCc3ccccc32)CC1=O. The second-order valence-electron chi connectivity index (χ2n) is 6.91. The Hall–Kier alpha value is -2.62. The zero-order chi connectivity index (χ0) is 17.4. The number of benzene rings is 2. The molecule has 4 nitrogen and oxygen atoms in total. The fourth-order valence-electron chi connectivity index (χ4n) is 3.96. The van der Waals surface area contributed by atoms with E-state index in [1.54, 1.807) is 4.90 Å². The number of carbonyl (C=O) groups excluding carboxylic acids is 2. The molecule has 4 rings (SSSR count). The van der Waals surface area contributed by atoms with Crippen LogP contribution < -0.4 is 9.80 Å². The lowest BCUT2D eigenvalue weighted by atomic mass is 9.99. The Labute approximate surface area is 148 Å². The van der Waals surface area contributed by atoms with Gasteiger partial charge in [0.1, 0.15) is 0 Å². The Kier molecular flexibility index (Phi) is 4.04. The van der Waals surface area contributed by atoms with E-state index in [1.807, 2.05) is 54.3 Å².